The van der Waals surface area contributed by atoms with Crippen LogP contribution in [0.4, 0.5) is 0 Å². The molecule has 0 heterocycles. The predicted molar refractivity (Wildman–Crippen MR) is 59.2 cm³/mol. The van der Waals surface area contributed by atoms with Gasteiger partial charge in [0.25, 0.3) is 0 Å². The lowest BCUT2D eigenvalue weighted by Gasteiger charge is -2.01. The third-order valence-corrected chi connectivity index (χ3v) is 1.50. The molecular formula is C11H23NO2. The van der Waals surface area contributed by atoms with Gasteiger partial charge in [-0.2, -0.15) is 0 Å². The van der Waals surface area contributed by atoms with Crippen molar-refractivity contribution in [1.29, 1.82) is 0 Å². The highest BCUT2D eigenvalue weighted by Gasteiger charge is 2.00. The van der Waals surface area contributed by atoms with E-state index in [4.69, 9.17) is 0 Å². The van der Waals surface area contributed by atoms with Crippen LogP contribution in [-0.4, -0.2) is 18.2 Å². The fraction of sp³-hybridized carbons (Fsp3) is 0.818. The summed E-state index contributed by atoms with van der Waals surface area (Å²) in [5.74, 6) is 0.205. The third kappa shape index (κ3) is 13.7. The fourth-order valence-corrected chi connectivity index (χ4v) is 0.851. The van der Waals surface area contributed by atoms with Gasteiger partial charge >= 0.3 is 0 Å². The number of Topliss-reactive ketones (excluding diaryl/α,β-unsaturated/α-hetero) is 1. The van der Waals surface area contributed by atoms with Crippen LogP contribution in [0.3, 0.4) is 0 Å². The number of carbonyl (C=O) groups is 2. The molecule has 0 aromatic rings. The molecule has 0 bridgehead atoms. The molecule has 1 amide bonds. The standard InChI is InChI=1S/C9H17NO2.C2H6/c1-3-7-10-9(12)6-4-5-8(2)11;1-2/h3-7H2,1-2H3,(H,10,12);1-2H3. The molecule has 0 fully saturated rings. The van der Waals surface area contributed by atoms with Crippen LogP contribution in [0.5, 0.6) is 0 Å². The number of hydrogen-bond acceptors (Lipinski definition) is 2. The molecule has 84 valence electrons. The summed E-state index contributed by atoms with van der Waals surface area (Å²) in [4.78, 5) is 21.5. The second-order valence-corrected chi connectivity index (χ2v) is 2.91. The molecular weight excluding hydrogens is 178 g/mol. The van der Waals surface area contributed by atoms with Gasteiger partial charge < -0.3 is 10.1 Å². The van der Waals surface area contributed by atoms with Crippen molar-refractivity contribution >= 4 is 11.7 Å². The van der Waals surface area contributed by atoms with E-state index >= 15 is 0 Å². The van der Waals surface area contributed by atoms with Crippen molar-refractivity contribution in [2.75, 3.05) is 6.54 Å². The summed E-state index contributed by atoms with van der Waals surface area (Å²) < 4.78 is 0. The van der Waals surface area contributed by atoms with Crippen LogP contribution in [0.1, 0.15) is 53.4 Å². The van der Waals surface area contributed by atoms with Gasteiger partial charge in [0.15, 0.2) is 0 Å². The summed E-state index contributed by atoms with van der Waals surface area (Å²) in [6.07, 6.45) is 2.61. The Morgan fingerprint density at radius 2 is 1.71 bits per heavy atom. The molecule has 0 aliphatic heterocycles. The normalized spacial score (nSPS) is 8.57. The Morgan fingerprint density at radius 1 is 1.14 bits per heavy atom. The van der Waals surface area contributed by atoms with Crippen LogP contribution in [0.15, 0.2) is 0 Å². The van der Waals surface area contributed by atoms with Crippen LogP contribution >= 0.6 is 0 Å². The summed E-state index contributed by atoms with van der Waals surface area (Å²) in [6.45, 7) is 8.29. The molecule has 0 atom stereocenters. The third-order valence-electron chi connectivity index (χ3n) is 1.50. The van der Waals surface area contributed by atoms with Gasteiger partial charge in [-0.3, -0.25) is 4.79 Å². The summed E-state index contributed by atoms with van der Waals surface area (Å²) >= 11 is 0. The van der Waals surface area contributed by atoms with E-state index < -0.39 is 0 Å². The van der Waals surface area contributed by atoms with Crippen LogP contribution in [0.25, 0.3) is 0 Å². The number of carbonyl (C=O) groups excluding carboxylic acids is 2. The highest BCUT2D eigenvalue weighted by Crippen LogP contribution is 1.95. The van der Waals surface area contributed by atoms with Crippen molar-refractivity contribution in [2.24, 2.45) is 0 Å². The Balaban J connectivity index is 0. The fourth-order valence-electron chi connectivity index (χ4n) is 0.851. The van der Waals surface area contributed by atoms with Gasteiger partial charge in [-0.1, -0.05) is 20.8 Å². The Morgan fingerprint density at radius 3 is 2.14 bits per heavy atom. The minimum atomic E-state index is 0.0538. The molecule has 0 saturated carbocycles. The maximum Gasteiger partial charge on any atom is 0.220 e. The second kappa shape index (κ2) is 12.1. The first-order valence-electron chi connectivity index (χ1n) is 5.43. The molecule has 0 aromatic heterocycles. The summed E-state index contributed by atoms with van der Waals surface area (Å²) in [7, 11) is 0. The zero-order valence-corrected chi connectivity index (χ0v) is 9.85. The number of amides is 1. The monoisotopic (exact) mass is 201 g/mol. The minimum absolute atomic E-state index is 0.0538. The van der Waals surface area contributed by atoms with E-state index in [1.54, 1.807) is 6.92 Å². The first-order valence-corrected chi connectivity index (χ1v) is 5.43. The second-order valence-electron chi connectivity index (χ2n) is 2.91. The van der Waals surface area contributed by atoms with Gasteiger partial charge in [-0.05, 0) is 19.8 Å². The lowest BCUT2D eigenvalue weighted by atomic mass is 10.2. The van der Waals surface area contributed by atoms with Crippen molar-refractivity contribution in [3.8, 4) is 0 Å². The van der Waals surface area contributed by atoms with Crippen LogP contribution in [-0.2, 0) is 9.59 Å². The van der Waals surface area contributed by atoms with Crippen molar-refractivity contribution in [2.45, 2.75) is 53.4 Å². The molecule has 3 nitrogen and oxygen atoms in total. The maximum atomic E-state index is 11.0. The zero-order chi connectivity index (χ0) is 11.4. The van der Waals surface area contributed by atoms with Gasteiger partial charge in [0.1, 0.15) is 5.78 Å². The predicted octanol–water partition coefficient (Wildman–Crippen LogP) is 2.30. The van der Waals surface area contributed by atoms with Gasteiger partial charge in [0, 0.05) is 19.4 Å². The van der Waals surface area contributed by atoms with Crippen LogP contribution in [0.2, 0.25) is 0 Å². The number of nitrogens with one attached hydrogen (secondary N) is 1. The average molecular weight is 201 g/mol. The van der Waals surface area contributed by atoms with Gasteiger partial charge in [0.05, 0.1) is 0 Å². The van der Waals surface area contributed by atoms with E-state index in [2.05, 4.69) is 5.32 Å². The van der Waals surface area contributed by atoms with E-state index in [-0.39, 0.29) is 11.7 Å². The smallest absolute Gasteiger partial charge is 0.220 e. The Kier molecular flexibility index (Phi) is 13.5. The van der Waals surface area contributed by atoms with E-state index in [0.29, 0.717) is 19.3 Å². The van der Waals surface area contributed by atoms with Gasteiger partial charge in [-0.15, -0.1) is 0 Å². The van der Waals surface area contributed by atoms with Crippen LogP contribution in [0, 0.1) is 0 Å². The van der Waals surface area contributed by atoms with E-state index in [1.165, 1.54) is 0 Å². The lowest BCUT2D eigenvalue weighted by Crippen LogP contribution is -2.23. The summed E-state index contributed by atoms with van der Waals surface area (Å²) in [5.41, 5.74) is 0. The molecule has 0 spiro atoms. The van der Waals surface area contributed by atoms with E-state index in [0.717, 1.165) is 13.0 Å². The maximum absolute atomic E-state index is 11.0. The molecule has 0 unspecified atom stereocenters. The van der Waals surface area contributed by atoms with Crippen molar-refractivity contribution in [3.05, 3.63) is 0 Å². The number of hydrogen-bond donors (Lipinski definition) is 1. The average Bonchev–Trinajstić information content (AvgIpc) is 2.17. The van der Waals surface area contributed by atoms with Crippen molar-refractivity contribution in [1.82, 2.24) is 5.32 Å². The van der Waals surface area contributed by atoms with Gasteiger partial charge in [-0.25, -0.2) is 0 Å². The highest BCUT2D eigenvalue weighted by molar-refractivity contribution is 5.78. The summed E-state index contributed by atoms with van der Waals surface area (Å²) in [5, 5.41) is 2.76. The largest absolute Gasteiger partial charge is 0.356 e. The Bertz CT molecular complexity index is 155. The molecule has 0 aliphatic rings. The highest BCUT2D eigenvalue weighted by atomic mass is 16.1. The minimum Gasteiger partial charge on any atom is -0.356 e. The van der Waals surface area contributed by atoms with Crippen molar-refractivity contribution < 1.29 is 9.59 Å². The topological polar surface area (TPSA) is 46.2 Å². The molecule has 1 N–H and O–H groups in total. The molecule has 3 heteroatoms. The number of rotatable bonds is 6. The zero-order valence-electron chi connectivity index (χ0n) is 9.85. The quantitative estimate of drug-likeness (QED) is 0.716. The van der Waals surface area contributed by atoms with E-state index in [9.17, 15) is 9.59 Å². The molecule has 0 rings (SSSR count). The molecule has 0 aromatic carbocycles. The molecule has 0 aliphatic carbocycles. The Labute approximate surface area is 87.3 Å². The molecule has 0 saturated heterocycles. The van der Waals surface area contributed by atoms with Crippen molar-refractivity contribution in [3.63, 3.8) is 0 Å². The SMILES string of the molecule is CC.CCCNC(=O)CCCC(C)=O. The number of ketones is 1. The van der Waals surface area contributed by atoms with Crippen LogP contribution < -0.4 is 5.32 Å². The van der Waals surface area contributed by atoms with Gasteiger partial charge in [0.2, 0.25) is 5.91 Å². The van der Waals surface area contributed by atoms with E-state index in [1.807, 2.05) is 20.8 Å². The molecule has 0 radical (unpaired) electrons. The lowest BCUT2D eigenvalue weighted by molar-refractivity contribution is -0.121. The summed E-state index contributed by atoms with van der Waals surface area (Å²) in [6, 6.07) is 0. The Hall–Kier alpha value is -0.860. The first-order chi connectivity index (χ1) is 6.66. The molecule has 14 heavy (non-hydrogen) atoms. The first kappa shape index (κ1) is 15.6.